The molecule has 0 radical (unpaired) electrons. The lowest BCUT2D eigenvalue weighted by Gasteiger charge is -2.11. The van der Waals surface area contributed by atoms with Gasteiger partial charge in [0, 0.05) is 11.2 Å². The third-order valence-electron chi connectivity index (χ3n) is 3.99. The summed E-state index contributed by atoms with van der Waals surface area (Å²) in [6.07, 6.45) is 4.01. The van der Waals surface area contributed by atoms with Crippen molar-refractivity contribution >= 4 is 40.6 Å². The minimum Gasteiger partial charge on any atom is -0.308 e. The highest BCUT2D eigenvalue weighted by Crippen LogP contribution is 2.22. The molecule has 0 aliphatic rings. The summed E-state index contributed by atoms with van der Waals surface area (Å²) in [5, 5.41) is 22.4. The second-order valence-corrected chi connectivity index (χ2v) is 7.00. The molecular formula is C17H16Cl2N6O3. The van der Waals surface area contributed by atoms with E-state index in [1.807, 2.05) is 18.2 Å². The number of carbonyl (C=O) groups is 1. The van der Waals surface area contributed by atoms with Crippen molar-refractivity contribution in [3.05, 3.63) is 68.6 Å². The first-order valence-electron chi connectivity index (χ1n) is 8.27. The van der Waals surface area contributed by atoms with E-state index in [4.69, 9.17) is 23.2 Å². The molecule has 1 amide bonds. The predicted octanol–water partition coefficient (Wildman–Crippen LogP) is 3.62. The number of nitro groups is 1. The average Bonchev–Trinajstić information content (AvgIpc) is 3.24. The first-order valence-corrected chi connectivity index (χ1v) is 9.03. The monoisotopic (exact) mass is 422 g/mol. The molecule has 1 N–H and O–H groups in total. The molecule has 1 unspecified atom stereocenters. The van der Waals surface area contributed by atoms with E-state index in [9.17, 15) is 14.9 Å². The Balaban J connectivity index is 1.64. The fourth-order valence-corrected chi connectivity index (χ4v) is 2.91. The zero-order chi connectivity index (χ0) is 20.3. The number of nitrogens with one attached hydrogen (secondary N) is 1. The van der Waals surface area contributed by atoms with E-state index in [-0.39, 0.29) is 24.0 Å². The fraction of sp³-hybridized carbons (Fsp3) is 0.235. The molecule has 11 heteroatoms. The number of nitrogens with zero attached hydrogens (tertiary/aromatic N) is 5. The molecule has 0 saturated carbocycles. The van der Waals surface area contributed by atoms with Crippen LogP contribution in [-0.2, 0) is 17.9 Å². The van der Waals surface area contributed by atoms with E-state index in [0.717, 1.165) is 11.8 Å². The second-order valence-electron chi connectivity index (χ2n) is 6.18. The Kier molecular flexibility index (Phi) is 5.96. The van der Waals surface area contributed by atoms with Gasteiger partial charge in [-0.3, -0.25) is 24.3 Å². The molecule has 0 saturated heterocycles. The molecule has 2 heterocycles. The van der Waals surface area contributed by atoms with Crippen LogP contribution in [0.15, 0.2) is 42.9 Å². The molecule has 0 aliphatic heterocycles. The third kappa shape index (κ3) is 4.68. The van der Waals surface area contributed by atoms with Crippen molar-refractivity contribution in [2.24, 2.45) is 5.92 Å². The van der Waals surface area contributed by atoms with Crippen LogP contribution in [0.2, 0.25) is 10.0 Å². The molecule has 3 rings (SSSR count). The minimum atomic E-state index is -0.542. The SMILES string of the molecule is CC(Cn1cc([N+](=O)[O-])cn1)C(=O)Nc1nn(Cc2ccccc2Cl)cc1Cl. The number of aromatic nitrogens is 4. The van der Waals surface area contributed by atoms with Gasteiger partial charge < -0.3 is 5.32 Å². The molecule has 0 aliphatic carbocycles. The average molecular weight is 423 g/mol. The van der Waals surface area contributed by atoms with Gasteiger partial charge in [-0.1, -0.05) is 48.3 Å². The Hall–Kier alpha value is -2.91. The van der Waals surface area contributed by atoms with Crippen LogP contribution in [0.4, 0.5) is 11.5 Å². The van der Waals surface area contributed by atoms with Gasteiger partial charge in [-0.05, 0) is 11.6 Å². The number of carbonyl (C=O) groups excluding carboxylic acids is 1. The van der Waals surface area contributed by atoms with Crippen LogP contribution in [-0.4, -0.2) is 30.4 Å². The van der Waals surface area contributed by atoms with Crippen molar-refractivity contribution in [2.45, 2.75) is 20.0 Å². The van der Waals surface area contributed by atoms with E-state index < -0.39 is 10.8 Å². The Morgan fingerprint density at radius 1 is 1.25 bits per heavy atom. The summed E-state index contributed by atoms with van der Waals surface area (Å²) < 4.78 is 2.93. The standard InChI is InChI=1S/C17H16Cl2N6O3/c1-11(7-23-9-13(6-20-23)25(27)28)17(26)21-16-15(19)10-24(22-16)8-12-4-2-3-5-14(12)18/h2-6,9-11H,7-8H2,1H3,(H,21,22,26). The van der Waals surface area contributed by atoms with Crippen LogP contribution in [0.3, 0.4) is 0 Å². The molecular weight excluding hydrogens is 407 g/mol. The smallest absolute Gasteiger partial charge is 0.306 e. The number of hydrogen-bond donors (Lipinski definition) is 1. The van der Waals surface area contributed by atoms with Gasteiger partial charge in [-0.2, -0.15) is 10.2 Å². The van der Waals surface area contributed by atoms with Gasteiger partial charge >= 0.3 is 5.69 Å². The summed E-state index contributed by atoms with van der Waals surface area (Å²) in [4.78, 5) is 22.6. The maximum atomic E-state index is 12.4. The summed E-state index contributed by atoms with van der Waals surface area (Å²) in [6.45, 7) is 2.26. The van der Waals surface area contributed by atoms with Gasteiger partial charge in [-0.15, -0.1) is 0 Å². The maximum absolute atomic E-state index is 12.4. The van der Waals surface area contributed by atoms with Crippen molar-refractivity contribution in [1.29, 1.82) is 0 Å². The molecule has 0 bridgehead atoms. The molecule has 28 heavy (non-hydrogen) atoms. The number of amides is 1. The van der Waals surface area contributed by atoms with Crippen LogP contribution >= 0.6 is 23.2 Å². The molecule has 1 atom stereocenters. The Labute approximate surface area is 170 Å². The summed E-state index contributed by atoms with van der Waals surface area (Å²) in [7, 11) is 0. The van der Waals surface area contributed by atoms with Gasteiger partial charge in [0.05, 0.1) is 23.9 Å². The molecule has 0 fully saturated rings. The Bertz CT molecular complexity index is 1020. The Morgan fingerprint density at radius 2 is 2.00 bits per heavy atom. The highest BCUT2D eigenvalue weighted by molar-refractivity contribution is 6.33. The van der Waals surface area contributed by atoms with Crippen molar-refractivity contribution in [1.82, 2.24) is 19.6 Å². The van der Waals surface area contributed by atoms with Gasteiger partial charge in [0.2, 0.25) is 5.91 Å². The minimum absolute atomic E-state index is 0.131. The lowest BCUT2D eigenvalue weighted by atomic mass is 10.1. The van der Waals surface area contributed by atoms with Crippen LogP contribution in [0.1, 0.15) is 12.5 Å². The van der Waals surface area contributed by atoms with E-state index in [1.165, 1.54) is 10.9 Å². The summed E-state index contributed by atoms with van der Waals surface area (Å²) in [6, 6.07) is 7.37. The highest BCUT2D eigenvalue weighted by atomic mass is 35.5. The van der Waals surface area contributed by atoms with Crippen molar-refractivity contribution in [2.75, 3.05) is 5.32 Å². The van der Waals surface area contributed by atoms with Crippen LogP contribution in [0.5, 0.6) is 0 Å². The summed E-state index contributed by atoms with van der Waals surface area (Å²) in [5.41, 5.74) is 0.740. The number of hydrogen-bond acceptors (Lipinski definition) is 5. The zero-order valence-corrected chi connectivity index (χ0v) is 16.3. The number of benzene rings is 1. The van der Waals surface area contributed by atoms with E-state index in [2.05, 4.69) is 15.5 Å². The molecule has 3 aromatic rings. The summed E-state index contributed by atoms with van der Waals surface area (Å²) in [5.74, 6) is -0.607. The zero-order valence-electron chi connectivity index (χ0n) is 14.7. The van der Waals surface area contributed by atoms with Gasteiger partial charge in [-0.25, -0.2) is 0 Å². The topological polar surface area (TPSA) is 108 Å². The Morgan fingerprint density at radius 3 is 2.68 bits per heavy atom. The normalized spacial score (nSPS) is 12.0. The van der Waals surface area contributed by atoms with Crippen LogP contribution in [0, 0.1) is 16.0 Å². The van der Waals surface area contributed by atoms with Gasteiger partial charge in [0.1, 0.15) is 17.4 Å². The molecule has 2 aromatic heterocycles. The van der Waals surface area contributed by atoms with Crippen molar-refractivity contribution < 1.29 is 9.72 Å². The molecule has 0 spiro atoms. The van der Waals surface area contributed by atoms with Crippen molar-refractivity contribution in [3.63, 3.8) is 0 Å². The summed E-state index contributed by atoms with van der Waals surface area (Å²) >= 11 is 12.3. The van der Waals surface area contributed by atoms with Gasteiger partial charge in [0.25, 0.3) is 0 Å². The number of halogens is 2. The number of anilines is 1. The van der Waals surface area contributed by atoms with Crippen LogP contribution < -0.4 is 5.32 Å². The number of rotatable bonds is 7. The van der Waals surface area contributed by atoms with E-state index >= 15 is 0 Å². The van der Waals surface area contributed by atoms with E-state index in [0.29, 0.717) is 16.6 Å². The van der Waals surface area contributed by atoms with E-state index in [1.54, 1.807) is 23.9 Å². The molecule has 1 aromatic carbocycles. The first kappa shape index (κ1) is 19.8. The fourth-order valence-electron chi connectivity index (χ4n) is 2.51. The highest BCUT2D eigenvalue weighted by Gasteiger charge is 2.19. The lowest BCUT2D eigenvalue weighted by Crippen LogP contribution is -2.25. The first-order chi connectivity index (χ1) is 13.3. The van der Waals surface area contributed by atoms with Gasteiger partial charge in [0.15, 0.2) is 5.82 Å². The molecule has 9 nitrogen and oxygen atoms in total. The maximum Gasteiger partial charge on any atom is 0.306 e. The second kappa shape index (κ2) is 8.41. The lowest BCUT2D eigenvalue weighted by molar-refractivity contribution is -0.385. The predicted molar refractivity (Wildman–Crippen MR) is 104 cm³/mol. The van der Waals surface area contributed by atoms with Crippen molar-refractivity contribution in [3.8, 4) is 0 Å². The molecule has 146 valence electrons. The third-order valence-corrected chi connectivity index (χ3v) is 4.63. The largest absolute Gasteiger partial charge is 0.308 e. The quantitative estimate of drug-likeness (QED) is 0.461. The van der Waals surface area contributed by atoms with Crippen LogP contribution in [0.25, 0.3) is 0 Å².